The van der Waals surface area contributed by atoms with E-state index in [1.165, 1.54) is 0 Å². The summed E-state index contributed by atoms with van der Waals surface area (Å²) in [5.41, 5.74) is 0.810. The normalized spacial score (nSPS) is 12.2. The standard InChI is InChI=1S/C11H14O2/c1-3-6-10(12)9-7-4-5-8-11(9)13-2/h3-5,7-8,10,12H,1,6H2,2H3/t10-/m0/s1. The highest BCUT2D eigenvalue weighted by Gasteiger charge is 2.09. The monoisotopic (exact) mass is 178 g/mol. The van der Waals surface area contributed by atoms with Gasteiger partial charge in [-0.2, -0.15) is 0 Å². The van der Waals surface area contributed by atoms with Crippen molar-refractivity contribution in [1.82, 2.24) is 0 Å². The maximum absolute atomic E-state index is 9.68. The van der Waals surface area contributed by atoms with E-state index in [9.17, 15) is 5.11 Å². The molecule has 1 N–H and O–H groups in total. The van der Waals surface area contributed by atoms with Gasteiger partial charge in [-0.3, -0.25) is 0 Å². The Morgan fingerprint density at radius 2 is 2.23 bits per heavy atom. The van der Waals surface area contributed by atoms with E-state index < -0.39 is 6.10 Å². The molecule has 0 saturated heterocycles. The van der Waals surface area contributed by atoms with Crippen LogP contribution in [0.25, 0.3) is 0 Å². The first kappa shape index (κ1) is 9.81. The molecule has 0 spiro atoms. The SMILES string of the molecule is C=CC[C@H](O)c1ccccc1OC. The van der Waals surface area contributed by atoms with Gasteiger partial charge in [0.15, 0.2) is 0 Å². The summed E-state index contributed by atoms with van der Waals surface area (Å²) in [5, 5.41) is 9.68. The lowest BCUT2D eigenvalue weighted by Crippen LogP contribution is -1.98. The average Bonchev–Trinajstić information content (AvgIpc) is 2.18. The molecular formula is C11H14O2. The van der Waals surface area contributed by atoms with E-state index in [1.807, 2.05) is 24.3 Å². The fourth-order valence-corrected chi connectivity index (χ4v) is 1.23. The molecule has 70 valence electrons. The molecule has 0 aromatic heterocycles. The molecule has 1 aromatic carbocycles. The van der Waals surface area contributed by atoms with Crippen molar-refractivity contribution in [2.75, 3.05) is 7.11 Å². The third-order valence-corrected chi connectivity index (χ3v) is 1.89. The smallest absolute Gasteiger partial charge is 0.124 e. The second-order valence-corrected chi connectivity index (χ2v) is 2.78. The molecule has 0 fully saturated rings. The Balaban J connectivity index is 2.91. The third kappa shape index (κ3) is 2.33. The number of ether oxygens (including phenoxy) is 1. The summed E-state index contributed by atoms with van der Waals surface area (Å²) >= 11 is 0. The number of methoxy groups -OCH3 is 1. The lowest BCUT2D eigenvalue weighted by molar-refractivity contribution is 0.177. The highest BCUT2D eigenvalue weighted by Crippen LogP contribution is 2.26. The minimum Gasteiger partial charge on any atom is -0.496 e. The van der Waals surface area contributed by atoms with Gasteiger partial charge in [0.05, 0.1) is 13.2 Å². The van der Waals surface area contributed by atoms with Crippen LogP contribution in [0, 0.1) is 0 Å². The van der Waals surface area contributed by atoms with E-state index in [4.69, 9.17) is 4.74 Å². The number of hydrogen-bond donors (Lipinski definition) is 1. The number of benzene rings is 1. The van der Waals surface area contributed by atoms with Crippen molar-refractivity contribution < 1.29 is 9.84 Å². The predicted molar refractivity (Wildman–Crippen MR) is 52.8 cm³/mol. The van der Waals surface area contributed by atoms with Crippen LogP contribution >= 0.6 is 0 Å². The Morgan fingerprint density at radius 3 is 2.85 bits per heavy atom. The molecule has 1 rings (SSSR count). The van der Waals surface area contributed by atoms with Gasteiger partial charge >= 0.3 is 0 Å². The molecule has 0 amide bonds. The molecule has 1 atom stereocenters. The highest BCUT2D eigenvalue weighted by molar-refractivity contribution is 5.35. The first-order chi connectivity index (χ1) is 6.29. The topological polar surface area (TPSA) is 29.5 Å². The summed E-state index contributed by atoms with van der Waals surface area (Å²) in [6, 6.07) is 7.45. The van der Waals surface area contributed by atoms with Gasteiger partial charge in [0.25, 0.3) is 0 Å². The van der Waals surface area contributed by atoms with E-state index in [1.54, 1.807) is 13.2 Å². The zero-order chi connectivity index (χ0) is 9.68. The molecule has 0 saturated carbocycles. The summed E-state index contributed by atoms with van der Waals surface area (Å²) in [6.45, 7) is 3.58. The van der Waals surface area contributed by atoms with E-state index >= 15 is 0 Å². The second-order valence-electron chi connectivity index (χ2n) is 2.78. The Morgan fingerprint density at radius 1 is 1.54 bits per heavy atom. The van der Waals surface area contributed by atoms with Gasteiger partial charge < -0.3 is 9.84 Å². The minimum absolute atomic E-state index is 0.520. The second kappa shape index (κ2) is 4.67. The number of aliphatic hydroxyl groups is 1. The van der Waals surface area contributed by atoms with Gasteiger partial charge in [-0.25, -0.2) is 0 Å². The summed E-state index contributed by atoms with van der Waals surface area (Å²) in [7, 11) is 1.60. The molecular weight excluding hydrogens is 164 g/mol. The van der Waals surface area contributed by atoms with Gasteiger partial charge in [0, 0.05) is 5.56 Å². The Hall–Kier alpha value is -1.28. The van der Waals surface area contributed by atoms with E-state index in [2.05, 4.69) is 6.58 Å². The minimum atomic E-state index is -0.520. The van der Waals surface area contributed by atoms with Gasteiger partial charge in [-0.05, 0) is 12.5 Å². The van der Waals surface area contributed by atoms with Crippen LogP contribution in [-0.4, -0.2) is 12.2 Å². The molecule has 0 radical (unpaired) electrons. The van der Waals surface area contributed by atoms with Crippen molar-refractivity contribution in [1.29, 1.82) is 0 Å². The molecule has 0 bridgehead atoms. The molecule has 0 aliphatic carbocycles. The first-order valence-electron chi connectivity index (χ1n) is 4.21. The number of hydrogen-bond acceptors (Lipinski definition) is 2. The number of para-hydroxylation sites is 1. The lowest BCUT2D eigenvalue weighted by Gasteiger charge is -2.12. The van der Waals surface area contributed by atoms with E-state index in [0.717, 1.165) is 11.3 Å². The molecule has 2 nitrogen and oxygen atoms in total. The molecule has 2 heteroatoms. The van der Waals surface area contributed by atoms with Crippen molar-refractivity contribution in [3.05, 3.63) is 42.5 Å². The van der Waals surface area contributed by atoms with Crippen LogP contribution in [0.4, 0.5) is 0 Å². The van der Waals surface area contributed by atoms with Gasteiger partial charge in [-0.15, -0.1) is 6.58 Å². The predicted octanol–water partition coefficient (Wildman–Crippen LogP) is 2.30. The van der Waals surface area contributed by atoms with Crippen LogP contribution in [-0.2, 0) is 0 Å². The van der Waals surface area contributed by atoms with Crippen molar-refractivity contribution in [2.24, 2.45) is 0 Å². The lowest BCUT2D eigenvalue weighted by atomic mass is 10.1. The summed E-state index contributed by atoms with van der Waals surface area (Å²) in [5.74, 6) is 0.719. The van der Waals surface area contributed by atoms with Crippen molar-refractivity contribution in [3.63, 3.8) is 0 Å². The summed E-state index contributed by atoms with van der Waals surface area (Å²) in [4.78, 5) is 0. The van der Waals surface area contributed by atoms with Gasteiger partial charge in [0.1, 0.15) is 5.75 Å². The zero-order valence-corrected chi connectivity index (χ0v) is 7.73. The molecule has 0 aliphatic heterocycles. The fraction of sp³-hybridized carbons (Fsp3) is 0.273. The molecule has 0 aliphatic rings. The maximum atomic E-state index is 9.68. The molecule has 0 heterocycles. The van der Waals surface area contributed by atoms with Gasteiger partial charge in [-0.1, -0.05) is 24.3 Å². The molecule has 1 aromatic rings. The van der Waals surface area contributed by atoms with Crippen LogP contribution in [0.15, 0.2) is 36.9 Å². The Labute approximate surface area is 78.5 Å². The highest BCUT2D eigenvalue weighted by atomic mass is 16.5. The van der Waals surface area contributed by atoms with Crippen LogP contribution in [0.3, 0.4) is 0 Å². The van der Waals surface area contributed by atoms with Crippen molar-refractivity contribution in [2.45, 2.75) is 12.5 Å². The zero-order valence-electron chi connectivity index (χ0n) is 7.73. The number of aliphatic hydroxyl groups excluding tert-OH is 1. The first-order valence-corrected chi connectivity index (χ1v) is 4.21. The van der Waals surface area contributed by atoms with Crippen LogP contribution in [0.2, 0.25) is 0 Å². The Kier molecular flexibility index (Phi) is 3.53. The molecule has 13 heavy (non-hydrogen) atoms. The van der Waals surface area contributed by atoms with Crippen molar-refractivity contribution >= 4 is 0 Å². The number of rotatable bonds is 4. The van der Waals surface area contributed by atoms with Crippen molar-refractivity contribution in [3.8, 4) is 5.75 Å². The van der Waals surface area contributed by atoms with Crippen LogP contribution in [0.1, 0.15) is 18.1 Å². The maximum Gasteiger partial charge on any atom is 0.124 e. The summed E-state index contributed by atoms with van der Waals surface area (Å²) in [6.07, 6.45) is 1.71. The Bertz CT molecular complexity index is 281. The van der Waals surface area contributed by atoms with E-state index in [0.29, 0.717) is 6.42 Å². The fourth-order valence-electron chi connectivity index (χ4n) is 1.23. The summed E-state index contributed by atoms with van der Waals surface area (Å²) < 4.78 is 5.12. The van der Waals surface area contributed by atoms with Gasteiger partial charge in [0.2, 0.25) is 0 Å². The van der Waals surface area contributed by atoms with E-state index in [-0.39, 0.29) is 0 Å². The molecule has 0 unspecified atom stereocenters. The quantitative estimate of drug-likeness (QED) is 0.717. The average molecular weight is 178 g/mol. The largest absolute Gasteiger partial charge is 0.496 e. The third-order valence-electron chi connectivity index (χ3n) is 1.89. The van der Waals surface area contributed by atoms with Crippen LogP contribution < -0.4 is 4.74 Å². The van der Waals surface area contributed by atoms with Crippen LogP contribution in [0.5, 0.6) is 5.75 Å².